The number of carboxylic acid groups (broad SMARTS) is 3. The van der Waals surface area contributed by atoms with Crippen molar-refractivity contribution in [3.8, 4) is 0 Å². The molecule has 0 bridgehead atoms. The summed E-state index contributed by atoms with van der Waals surface area (Å²) in [5, 5.41) is 29.9. The maximum absolute atomic E-state index is 12.8. The Balaban J connectivity index is 0.000000201. The summed E-state index contributed by atoms with van der Waals surface area (Å²) in [7, 11) is -10.8. The van der Waals surface area contributed by atoms with E-state index in [2.05, 4.69) is 19.5 Å². The Bertz CT molecular complexity index is 3880. The molecule has 0 aliphatic heterocycles. The minimum absolute atomic E-state index is 0.0746. The Labute approximate surface area is 484 Å². The summed E-state index contributed by atoms with van der Waals surface area (Å²) in [5.74, 6) is -3.03. The van der Waals surface area contributed by atoms with Gasteiger partial charge >= 0.3 is 17.9 Å². The van der Waals surface area contributed by atoms with Gasteiger partial charge in [-0.15, -0.1) is 0 Å². The van der Waals surface area contributed by atoms with E-state index in [1.54, 1.807) is 115 Å². The largest absolute Gasteiger partial charge is 0.478 e. The molecule has 0 heterocycles. The Morgan fingerprint density at radius 3 is 1.11 bits per heavy atom. The number of unbranched alkanes of at least 4 members (excludes halogenated alkanes) is 1. The van der Waals surface area contributed by atoms with Gasteiger partial charge < -0.3 is 20.6 Å². The first-order valence-corrected chi connectivity index (χ1v) is 30.9. The molecule has 20 heteroatoms. The summed E-state index contributed by atoms with van der Waals surface area (Å²) in [6.45, 7) is 3.33. The maximum Gasteiger partial charge on any atom is 0.335 e. The predicted molar refractivity (Wildman–Crippen MR) is 323 cm³/mol. The molecule has 0 radical (unpaired) electrons. The summed E-state index contributed by atoms with van der Waals surface area (Å²) in [6.07, 6.45) is 4.97. The van der Waals surface area contributed by atoms with Crippen molar-refractivity contribution in [3.05, 3.63) is 250 Å². The van der Waals surface area contributed by atoms with Crippen LogP contribution in [-0.2, 0) is 73.4 Å². The van der Waals surface area contributed by atoms with Crippen molar-refractivity contribution in [2.24, 2.45) is 0 Å². The van der Waals surface area contributed by atoms with Crippen LogP contribution in [0.4, 0.5) is 22.7 Å². The molecule has 7 N–H and O–H groups in total. The number of nitrogens with one attached hydrogen (secondary N) is 4. The molecule has 0 saturated carbocycles. The zero-order chi connectivity index (χ0) is 60.0. The van der Waals surface area contributed by atoms with Gasteiger partial charge in [0.2, 0.25) is 15.9 Å². The van der Waals surface area contributed by atoms with E-state index < -0.39 is 48.0 Å². The monoisotopic (exact) mass is 1180 g/mol. The standard InChI is InChI=1S/C23H22N2O5S.C21H19NO4S.C19H23NO4S/c1-16(26)24-20-11-13-21(14-12-20)31(29,30)25-22-8-3-2-6-18(22)10-9-17-5-4-7-19(15-17)23(27)28;23-21(24)18-9-6-7-16(15-18)13-14-17-8-4-5-12-20(17)22-27(25,26)19-10-2-1-3-11-19;1-2-3-13-25(23,24)20-18-10-5-4-8-16(18)12-11-15-7-6-9-17(14-15)19(21)22/h2-8,11-15,25H,9-10H2,1H3,(H,24,26)(H,27,28);1-12,15,22H,13-14H2,(H,23,24);4-10,14,20H,2-3,11-13H2,1H3,(H,21,22). The van der Waals surface area contributed by atoms with Crippen LogP contribution < -0.4 is 19.5 Å². The van der Waals surface area contributed by atoms with Crippen molar-refractivity contribution >= 4 is 76.6 Å². The molecule has 0 aromatic heterocycles. The summed E-state index contributed by atoms with van der Waals surface area (Å²) < 4.78 is 83.0. The first-order chi connectivity index (χ1) is 39.6. The van der Waals surface area contributed by atoms with E-state index in [1.807, 2.05) is 61.5 Å². The van der Waals surface area contributed by atoms with Gasteiger partial charge in [0, 0.05) is 12.6 Å². The zero-order valence-electron chi connectivity index (χ0n) is 45.6. The molecule has 0 fully saturated rings. The Hall–Kier alpha value is -9.11. The lowest BCUT2D eigenvalue weighted by Gasteiger charge is -2.13. The molecular weight excluding hydrogens is 1120 g/mol. The van der Waals surface area contributed by atoms with Crippen LogP contribution >= 0.6 is 0 Å². The highest BCUT2D eigenvalue weighted by atomic mass is 32.2. The van der Waals surface area contributed by atoms with Crippen LogP contribution in [0, 0.1) is 0 Å². The second-order valence-electron chi connectivity index (χ2n) is 19.0. The number of aryl methyl sites for hydroxylation is 6. The minimum Gasteiger partial charge on any atom is -0.478 e. The predicted octanol–water partition coefficient (Wildman–Crippen LogP) is 11.6. The number of hydrogen-bond donors (Lipinski definition) is 7. The molecule has 0 aliphatic rings. The molecule has 0 saturated heterocycles. The van der Waals surface area contributed by atoms with Crippen LogP contribution in [-0.4, -0.2) is 70.1 Å². The third kappa shape index (κ3) is 20.1. The molecule has 83 heavy (non-hydrogen) atoms. The van der Waals surface area contributed by atoms with Crippen molar-refractivity contribution in [2.75, 3.05) is 25.2 Å². The van der Waals surface area contributed by atoms with E-state index in [9.17, 15) is 44.4 Å². The van der Waals surface area contributed by atoms with Crippen molar-refractivity contribution in [1.82, 2.24) is 0 Å². The van der Waals surface area contributed by atoms with Gasteiger partial charge in [0.05, 0.1) is 49.3 Å². The third-order valence-corrected chi connectivity index (χ3v) is 16.8. The Kier molecular flexibility index (Phi) is 22.9. The van der Waals surface area contributed by atoms with E-state index in [-0.39, 0.29) is 38.1 Å². The number of para-hydroxylation sites is 3. The number of rotatable bonds is 24. The van der Waals surface area contributed by atoms with Crippen LogP contribution in [0.5, 0.6) is 0 Å². The first-order valence-electron chi connectivity index (χ1n) is 26.3. The fourth-order valence-electron chi connectivity index (χ4n) is 8.41. The number of benzene rings is 8. The topological polar surface area (TPSA) is 280 Å². The number of carbonyl (C=O) groups is 4. The second kappa shape index (κ2) is 30.1. The fraction of sp³-hybridized carbons (Fsp3) is 0.175. The second-order valence-corrected chi connectivity index (χ2v) is 24.2. The van der Waals surface area contributed by atoms with Gasteiger partial charge in [0.25, 0.3) is 20.0 Å². The molecule has 0 unspecified atom stereocenters. The smallest absolute Gasteiger partial charge is 0.335 e. The Morgan fingerprint density at radius 1 is 0.398 bits per heavy atom. The number of anilines is 4. The summed E-state index contributed by atoms with van der Waals surface area (Å²) in [4.78, 5) is 44.7. The maximum atomic E-state index is 12.8. The number of sulfonamides is 3. The van der Waals surface area contributed by atoms with Crippen LogP contribution in [0.1, 0.15) is 91.1 Å². The van der Waals surface area contributed by atoms with E-state index >= 15 is 0 Å². The zero-order valence-corrected chi connectivity index (χ0v) is 48.0. The van der Waals surface area contributed by atoms with E-state index in [0.717, 1.165) is 39.8 Å². The van der Waals surface area contributed by atoms with Crippen molar-refractivity contribution in [1.29, 1.82) is 0 Å². The van der Waals surface area contributed by atoms with Gasteiger partial charge in [-0.3, -0.25) is 19.0 Å². The van der Waals surface area contributed by atoms with Gasteiger partial charge in [-0.1, -0.05) is 123 Å². The molecule has 1 amide bonds. The van der Waals surface area contributed by atoms with Crippen molar-refractivity contribution < 1.29 is 59.8 Å². The number of aromatic carboxylic acids is 3. The van der Waals surface area contributed by atoms with Crippen LogP contribution in [0.2, 0.25) is 0 Å². The lowest BCUT2D eigenvalue weighted by molar-refractivity contribution is -0.114. The lowest BCUT2D eigenvalue weighted by atomic mass is 10.0. The van der Waals surface area contributed by atoms with Crippen LogP contribution in [0.3, 0.4) is 0 Å². The SMILES string of the molecule is CC(=O)Nc1ccc(S(=O)(=O)Nc2ccccc2CCc2cccc(C(=O)O)c2)cc1.CCCCS(=O)(=O)Nc1ccccc1CCc1cccc(C(=O)O)c1.O=C(O)c1cccc(CCc2ccccc2NS(=O)(=O)c2ccccc2)c1. The molecule has 17 nitrogen and oxygen atoms in total. The first kappa shape index (κ1) is 63.1. The normalized spacial score (nSPS) is 11.1. The Morgan fingerprint density at radius 2 is 0.747 bits per heavy atom. The van der Waals surface area contributed by atoms with Crippen molar-refractivity contribution in [3.63, 3.8) is 0 Å². The van der Waals surface area contributed by atoms with Gasteiger partial charge in [0.1, 0.15) is 0 Å². The lowest BCUT2D eigenvalue weighted by Crippen LogP contribution is -2.17. The average Bonchev–Trinajstić information content (AvgIpc) is 3.55. The van der Waals surface area contributed by atoms with Gasteiger partial charge in [-0.25, -0.2) is 39.6 Å². The van der Waals surface area contributed by atoms with E-state index in [0.29, 0.717) is 67.7 Å². The average molecular weight is 1180 g/mol. The highest BCUT2D eigenvalue weighted by Crippen LogP contribution is 2.25. The van der Waals surface area contributed by atoms with E-state index in [4.69, 9.17) is 15.3 Å². The number of hydrogen-bond acceptors (Lipinski definition) is 10. The minimum atomic E-state index is -3.82. The molecule has 0 aliphatic carbocycles. The highest BCUT2D eigenvalue weighted by molar-refractivity contribution is 7.93. The summed E-state index contributed by atoms with van der Waals surface area (Å²) in [6, 6.07) is 56.0. The fourth-order valence-corrected chi connectivity index (χ4v) is 11.9. The third-order valence-electron chi connectivity index (χ3n) is 12.7. The molecule has 432 valence electrons. The number of carbonyl (C=O) groups excluding carboxylic acids is 1. The number of carboxylic acids is 3. The molecule has 8 rings (SSSR count). The van der Waals surface area contributed by atoms with E-state index in [1.165, 1.54) is 37.3 Å². The van der Waals surface area contributed by atoms with Gasteiger partial charge in [0.15, 0.2) is 0 Å². The van der Waals surface area contributed by atoms with Gasteiger partial charge in [-0.2, -0.15) is 0 Å². The summed E-state index contributed by atoms with van der Waals surface area (Å²) >= 11 is 0. The molecular formula is C63H64N4O13S3. The number of amides is 1. The summed E-state index contributed by atoms with van der Waals surface area (Å²) in [5.41, 5.74) is 7.97. The molecule has 0 spiro atoms. The molecule has 8 aromatic carbocycles. The van der Waals surface area contributed by atoms with Crippen LogP contribution in [0.25, 0.3) is 0 Å². The molecule has 8 aromatic rings. The quantitative estimate of drug-likeness (QED) is 0.0297. The van der Waals surface area contributed by atoms with Gasteiger partial charge in [-0.05, 0) is 169 Å². The van der Waals surface area contributed by atoms with Crippen LogP contribution in [0.15, 0.2) is 210 Å². The highest BCUT2D eigenvalue weighted by Gasteiger charge is 2.19. The van der Waals surface area contributed by atoms with Crippen molar-refractivity contribution in [2.45, 2.75) is 75.0 Å². The molecule has 0 atom stereocenters.